The fraction of sp³-hybridized carbons (Fsp3) is 0.882. The van der Waals surface area contributed by atoms with Crippen molar-refractivity contribution >= 4 is 23.9 Å². The van der Waals surface area contributed by atoms with Crippen LogP contribution in [-0.4, -0.2) is 152 Å². The molecule has 0 aromatic heterocycles. The molecule has 6 fully saturated rings. The number of carbonyl (C=O) groups excluding carboxylic acids is 3. The number of hydrogen-bond acceptors (Lipinski definition) is 17. The van der Waals surface area contributed by atoms with Crippen LogP contribution in [-0.2, 0) is 52.3 Å². The molecule has 7 N–H and O–H groups in total. The molecule has 5 aliphatic carbocycles. The minimum Gasteiger partial charge on any atom is -0.479 e. The third-order valence-corrected chi connectivity index (χ3v) is 18.9. The Bertz CT molecular complexity index is 1990. The number of ether oxygens (including phenoxy) is 7. The van der Waals surface area contributed by atoms with Crippen LogP contribution in [0, 0.1) is 56.2 Å². The lowest BCUT2D eigenvalue weighted by atomic mass is 9.33. The van der Waals surface area contributed by atoms with Crippen LogP contribution in [0.5, 0.6) is 0 Å². The maximum absolute atomic E-state index is 13.7. The Morgan fingerprint density at radius 3 is 1.96 bits per heavy atom. The molecule has 2 heterocycles. The first-order valence-electron chi connectivity index (χ1n) is 25.0. The number of carboxylic acids is 1. The molecule has 18 heteroatoms. The highest BCUT2D eigenvalue weighted by atomic mass is 16.7. The zero-order valence-corrected chi connectivity index (χ0v) is 42.5. The van der Waals surface area contributed by atoms with Crippen molar-refractivity contribution in [3.8, 4) is 0 Å². The molecular weight excluding hydrogens is 901 g/mol. The number of allylic oxidation sites excluding steroid dienone is 2. The minimum atomic E-state index is -1.88. The van der Waals surface area contributed by atoms with E-state index in [1.165, 1.54) is 20.8 Å². The first-order chi connectivity index (χ1) is 31.9. The third-order valence-electron chi connectivity index (χ3n) is 18.9. The SMILES string of the molecule is CC(=O)O[C@H]1[C@H](OC(=O)CC(C)C)[C@]2(CO)[C@H](OC(C)=O)C[C@]3(C)C(=CC[C@@H]4[C@@]5(C)CC[C@H](O[C@@H]6O[C@H](C(=O)O)[C@@H](O[C@@H]7O[C@@H](C)[C@H](O)[C@@H](O)[C@H]7O)[C@H](O)[C@H]6O)C(C)(C)[C@@H]5CC[C@]43C)[C@@H]2CC1(C)C. The Morgan fingerprint density at radius 1 is 0.739 bits per heavy atom. The quantitative estimate of drug-likeness (QED) is 0.0675. The van der Waals surface area contributed by atoms with Gasteiger partial charge >= 0.3 is 23.9 Å². The smallest absolute Gasteiger partial charge is 0.335 e. The highest BCUT2D eigenvalue weighted by Crippen LogP contribution is 2.76. The number of esters is 3. The van der Waals surface area contributed by atoms with Gasteiger partial charge in [-0.3, -0.25) is 14.4 Å². The van der Waals surface area contributed by atoms with Crippen LogP contribution in [0.15, 0.2) is 11.6 Å². The number of aliphatic carboxylic acids is 1. The first kappa shape index (κ1) is 54.0. The number of aliphatic hydroxyl groups excluding tert-OH is 6. The van der Waals surface area contributed by atoms with E-state index in [1.807, 2.05) is 27.7 Å². The standard InChI is InChI=1S/C51H80O18/c1-23(2)19-33(55)67-42-41(65-26(5)54)46(6,7)20-28-27-13-14-30-48(10)17-16-31(47(8,9)29(48)15-18-49(30,11)50(27,12)21-32(64-25(4)53)51(28,42)22-52)66-45-38(60)36(58)39(40(69-45)43(61)62)68-44-37(59)35(57)34(56)24(3)63-44/h13,23-24,28-32,34-42,44-45,52,56-60H,14-22H2,1-12H3,(H,61,62)/t24-,28-,29-,30+,31-,32+,34-,35+,36+,37+,38+,39-,40-,41-,42-,44-,45+,48-,49+,50+,51-/m0/s1. The van der Waals surface area contributed by atoms with Crippen molar-refractivity contribution in [3.05, 3.63) is 11.6 Å². The molecule has 7 aliphatic rings. The van der Waals surface area contributed by atoms with Gasteiger partial charge in [0.2, 0.25) is 0 Å². The van der Waals surface area contributed by atoms with Gasteiger partial charge in [-0.1, -0.05) is 74.0 Å². The van der Waals surface area contributed by atoms with E-state index in [4.69, 9.17) is 33.2 Å². The highest BCUT2D eigenvalue weighted by molar-refractivity contribution is 5.73. The van der Waals surface area contributed by atoms with E-state index < -0.39 is 144 Å². The Kier molecular flexibility index (Phi) is 14.8. The Balaban J connectivity index is 1.18. The predicted octanol–water partition coefficient (Wildman–Crippen LogP) is 3.56. The summed E-state index contributed by atoms with van der Waals surface area (Å²) in [4.78, 5) is 52.3. The molecule has 2 saturated heterocycles. The second kappa shape index (κ2) is 18.9. The molecule has 18 nitrogen and oxygen atoms in total. The molecule has 4 saturated carbocycles. The third kappa shape index (κ3) is 8.79. The Hall–Kier alpha value is -2.78. The topological polar surface area (TPSA) is 274 Å². The minimum absolute atomic E-state index is 0.0308. The van der Waals surface area contributed by atoms with Gasteiger partial charge in [0.1, 0.15) is 48.8 Å². The Morgan fingerprint density at radius 2 is 1.36 bits per heavy atom. The van der Waals surface area contributed by atoms with Gasteiger partial charge in [-0.25, -0.2) is 4.79 Å². The molecule has 2 aliphatic heterocycles. The molecule has 0 amide bonds. The largest absolute Gasteiger partial charge is 0.479 e. The van der Waals surface area contributed by atoms with Crippen molar-refractivity contribution in [1.82, 2.24) is 0 Å². The maximum atomic E-state index is 13.7. The van der Waals surface area contributed by atoms with Crippen LogP contribution in [0.2, 0.25) is 0 Å². The van der Waals surface area contributed by atoms with Crippen molar-refractivity contribution in [2.45, 2.75) is 220 Å². The monoisotopic (exact) mass is 981 g/mol. The number of rotatable bonds is 11. The van der Waals surface area contributed by atoms with Crippen LogP contribution in [0.25, 0.3) is 0 Å². The van der Waals surface area contributed by atoms with Crippen molar-refractivity contribution < 1.29 is 88.1 Å². The lowest BCUT2D eigenvalue weighted by Gasteiger charge is -2.72. The first-order valence-corrected chi connectivity index (χ1v) is 25.0. The van der Waals surface area contributed by atoms with Crippen LogP contribution in [0.4, 0.5) is 0 Å². The maximum Gasteiger partial charge on any atom is 0.335 e. The molecule has 69 heavy (non-hydrogen) atoms. The van der Waals surface area contributed by atoms with Gasteiger partial charge in [-0.2, -0.15) is 0 Å². The predicted molar refractivity (Wildman–Crippen MR) is 243 cm³/mol. The summed E-state index contributed by atoms with van der Waals surface area (Å²) in [6.07, 6.45) is -13.4. The number of hydrogen-bond donors (Lipinski definition) is 7. The van der Waals surface area contributed by atoms with Gasteiger partial charge in [-0.05, 0) is 97.2 Å². The van der Waals surface area contributed by atoms with Crippen molar-refractivity contribution in [1.29, 1.82) is 0 Å². The summed E-state index contributed by atoms with van der Waals surface area (Å²) >= 11 is 0. The van der Waals surface area contributed by atoms with Gasteiger partial charge < -0.3 is 68.9 Å². The molecule has 7 rings (SSSR count). The van der Waals surface area contributed by atoms with Crippen molar-refractivity contribution in [2.75, 3.05) is 6.61 Å². The second-order valence-electron chi connectivity index (χ2n) is 24.2. The van der Waals surface area contributed by atoms with E-state index in [-0.39, 0.29) is 35.0 Å². The number of aliphatic hydroxyl groups is 6. The van der Waals surface area contributed by atoms with Crippen LogP contribution in [0.3, 0.4) is 0 Å². The Labute approximate surface area is 405 Å². The number of carboxylic acid groups (broad SMARTS) is 1. The molecule has 0 radical (unpaired) electrons. The average molecular weight is 981 g/mol. The van der Waals surface area contributed by atoms with Gasteiger partial charge in [-0.15, -0.1) is 0 Å². The van der Waals surface area contributed by atoms with E-state index in [2.05, 4.69) is 40.7 Å². The number of fused-ring (bicyclic) bond motifs is 7. The summed E-state index contributed by atoms with van der Waals surface area (Å²) in [5.41, 5.74) is -2.73. The summed E-state index contributed by atoms with van der Waals surface area (Å²) in [6.45, 7) is 22.5. The van der Waals surface area contributed by atoms with E-state index in [1.54, 1.807) is 0 Å². The second-order valence-corrected chi connectivity index (χ2v) is 24.2. The molecular formula is C51H80O18. The van der Waals surface area contributed by atoms with Crippen LogP contribution < -0.4 is 0 Å². The lowest BCUT2D eigenvalue weighted by molar-refractivity contribution is -0.361. The molecule has 0 aromatic carbocycles. The zero-order valence-electron chi connectivity index (χ0n) is 42.5. The van der Waals surface area contributed by atoms with Gasteiger partial charge in [0.15, 0.2) is 24.8 Å². The van der Waals surface area contributed by atoms with E-state index in [0.29, 0.717) is 32.1 Å². The molecule has 392 valence electrons. The fourth-order valence-electron chi connectivity index (χ4n) is 15.2. The summed E-state index contributed by atoms with van der Waals surface area (Å²) in [7, 11) is 0. The van der Waals surface area contributed by atoms with Gasteiger partial charge in [0, 0.05) is 25.7 Å². The van der Waals surface area contributed by atoms with E-state index in [0.717, 1.165) is 18.4 Å². The lowest BCUT2D eigenvalue weighted by Crippen LogP contribution is -2.73. The zero-order chi connectivity index (χ0) is 51.3. The van der Waals surface area contributed by atoms with Crippen LogP contribution >= 0.6 is 0 Å². The van der Waals surface area contributed by atoms with Crippen LogP contribution in [0.1, 0.15) is 134 Å². The van der Waals surface area contributed by atoms with Gasteiger partial charge in [0.05, 0.1) is 24.2 Å². The molecule has 21 atom stereocenters. The number of carbonyl (C=O) groups is 4. The van der Waals surface area contributed by atoms with Gasteiger partial charge in [0.25, 0.3) is 0 Å². The average Bonchev–Trinajstić information content (AvgIpc) is 3.23. The molecule has 0 bridgehead atoms. The van der Waals surface area contributed by atoms with E-state index in [9.17, 15) is 54.9 Å². The summed E-state index contributed by atoms with van der Waals surface area (Å²) < 4.78 is 42.5. The molecule has 0 spiro atoms. The van der Waals surface area contributed by atoms with Crippen molar-refractivity contribution in [2.24, 2.45) is 56.2 Å². The van der Waals surface area contributed by atoms with E-state index >= 15 is 0 Å². The highest BCUT2D eigenvalue weighted by Gasteiger charge is 2.74. The molecule has 0 aromatic rings. The fourth-order valence-corrected chi connectivity index (χ4v) is 15.2. The normalized spacial score (nSPS) is 47.8. The summed E-state index contributed by atoms with van der Waals surface area (Å²) in [5.74, 6) is -3.41. The summed E-state index contributed by atoms with van der Waals surface area (Å²) in [5, 5.41) is 76.0. The van der Waals surface area contributed by atoms with Crippen molar-refractivity contribution in [3.63, 3.8) is 0 Å². The molecule has 0 unspecified atom stereocenters. The summed E-state index contributed by atoms with van der Waals surface area (Å²) in [6, 6.07) is 0.